The number of aromatic nitrogens is 3. The molecule has 0 unspecified atom stereocenters. The van der Waals surface area contributed by atoms with Gasteiger partial charge in [0.2, 0.25) is 5.91 Å². The maximum Gasteiger partial charge on any atom is 0.233 e. The molecule has 5 nitrogen and oxygen atoms in total. The second-order valence-corrected chi connectivity index (χ2v) is 8.59. The van der Waals surface area contributed by atoms with Crippen molar-refractivity contribution in [3.05, 3.63) is 63.1 Å². The predicted molar refractivity (Wildman–Crippen MR) is 107 cm³/mol. The Balaban J connectivity index is 1.60. The van der Waals surface area contributed by atoms with E-state index in [-0.39, 0.29) is 5.91 Å². The lowest BCUT2D eigenvalue weighted by Gasteiger charge is -2.16. The number of rotatable bonds is 7. The number of amides is 1. The Morgan fingerprint density at radius 2 is 2.00 bits per heavy atom. The number of hydrogen-bond acceptors (Lipinski definition) is 5. The van der Waals surface area contributed by atoms with Gasteiger partial charge in [-0.2, -0.15) is 0 Å². The maximum atomic E-state index is 12.4. The van der Waals surface area contributed by atoms with Crippen molar-refractivity contribution in [3.8, 4) is 0 Å². The Bertz CT molecular complexity index is 878. The van der Waals surface area contributed by atoms with Crippen LogP contribution in [0.15, 0.2) is 47.6 Å². The number of halogens is 1. The van der Waals surface area contributed by atoms with E-state index in [0.29, 0.717) is 18.8 Å². The first-order chi connectivity index (χ1) is 12.5. The minimum absolute atomic E-state index is 0.0476. The minimum Gasteiger partial charge on any atom is -0.340 e. The van der Waals surface area contributed by atoms with Crippen LogP contribution in [0.5, 0.6) is 0 Å². The molecule has 0 atom stereocenters. The van der Waals surface area contributed by atoms with E-state index in [1.165, 1.54) is 28.7 Å². The number of thioether (sulfide) groups is 1. The van der Waals surface area contributed by atoms with Crippen LogP contribution in [-0.2, 0) is 17.9 Å². The maximum absolute atomic E-state index is 12.4. The molecule has 0 fully saturated rings. The van der Waals surface area contributed by atoms with Crippen LogP contribution in [-0.4, -0.2) is 38.4 Å². The number of aryl methyl sites for hydroxylation is 1. The van der Waals surface area contributed by atoms with Gasteiger partial charge in [0.15, 0.2) is 5.16 Å². The summed E-state index contributed by atoms with van der Waals surface area (Å²) in [6, 6.07) is 14.0. The zero-order chi connectivity index (χ0) is 18.5. The van der Waals surface area contributed by atoms with E-state index in [0.717, 1.165) is 20.2 Å². The van der Waals surface area contributed by atoms with Gasteiger partial charge in [0.25, 0.3) is 0 Å². The Hall–Kier alpha value is -1.83. The molecule has 26 heavy (non-hydrogen) atoms. The van der Waals surface area contributed by atoms with Crippen LogP contribution in [0.2, 0.25) is 4.34 Å². The summed E-state index contributed by atoms with van der Waals surface area (Å²) in [7, 11) is 1.80. The predicted octanol–water partition coefficient (Wildman–Crippen LogP) is 4.10. The van der Waals surface area contributed by atoms with Gasteiger partial charge in [-0.05, 0) is 24.6 Å². The molecule has 136 valence electrons. The summed E-state index contributed by atoms with van der Waals surface area (Å²) in [4.78, 5) is 15.2. The molecule has 2 aromatic heterocycles. The van der Waals surface area contributed by atoms with E-state index in [9.17, 15) is 4.79 Å². The standard InChI is InChI=1S/C18H19ClN4OS2/c1-13-20-21-18(23(13)10-14-6-4-3-5-7-14)25-12-17(24)22(2)11-15-8-9-16(19)26-15/h3-9H,10-12H2,1-2H3. The minimum atomic E-state index is 0.0476. The highest BCUT2D eigenvalue weighted by Gasteiger charge is 2.15. The molecule has 0 saturated heterocycles. The molecule has 0 radical (unpaired) electrons. The highest BCUT2D eigenvalue weighted by atomic mass is 35.5. The fourth-order valence-electron chi connectivity index (χ4n) is 2.41. The van der Waals surface area contributed by atoms with Gasteiger partial charge in [-0.15, -0.1) is 21.5 Å². The molecule has 2 heterocycles. The fourth-order valence-corrected chi connectivity index (χ4v) is 4.48. The van der Waals surface area contributed by atoms with E-state index in [1.54, 1.807) is 11.9 Å². The number of thiophene rings is 1. The summed E-state index contributed by atoms with van der Waals surface area (Å²) in [6.07, 6.45) is 0. The molecular formula is C18H19ClN4OS2. The SMILES string of the molecule is Cc1nnc(SCC(=O)N(C)Cc2ccc(Cl)s2)n1Cc1ccccc1. The van der Waals surface area contributed by atoms with Gasteiger partial charge in [0.05, 0.1) is 23.2 Å². The molecule has 0 spiro atoms. The first-order valence-electron chi connectivity index (χ1n) is 8.07. The topological polar surface area (TPSA) is 51.0 Å². The molecule has 0 aliphatic rings. The second kappa shape index (κ2) is 8.70. The molecule has 0 aliphatic carbocycles. The molecule has 0 saturated carbocycles. The lowest BCUT2D eigenvalue weighted by Crippen LogP contribution is -2.27. The number of carbonyl (C=O) groups is 1. The number of benzene rings is 1. The first-order valence-corrected chi connectivity index (χ1v) is 10.3. The van der Waals surface area contributed by atoms with Gasteiger partial charge in [0.1, 0.15) is 5.82 Å². The zero-order valence-corrected chi connectivity index (χ0v) is 16.9. The van der Waals surface area contributed by atoms with Gasteiger partial charge in [0, 0.05) is 11.9 Å². The fraction of sp³-hybridized carbons (Fsp3) is 0.278. The van der Waals surface area contributed by atoms with Crippen molar-refractivity contribution in [1.82, 2.24) is 19.7 Å². The second-order valence-electron chi connectivity index (χ2n) is 5.85. The number of nitrogens with zero attached hydrogens (tertiary/aromatic N) is 4. The van der Waals surface area contributed by atoms with Crippen molar-refractivity contribution in [1.29, 1.82) is 0 Å². The van der Waals surface area contributed by atoms with E-state index in [2.05, 4.69) is 22.3 Å². The van der Waals surface area contributed by atoms with Crippen molar-refractivity contribution in [2.45, 2.75) is 25.2 Å². The molecule has 0 aliphatic heterocycles. The summed E-state index contributed by atoms with van der Waals surface area (Å²) in [5.74, 6) is 1.21. The summed E-state index contributed by atoms with van der Waals surface area (Å²) < 4.78 is 2.77. The average Bonchev–Trinajstić information content (AvgIpc) is 3.20. The average molecular weight is 407 g/mol. The molecule has 0 N–H and O–H groups in total. The Morgan fingerprint density at radius 3 is 2.69 bits per heavy atom. The Labute approximate surface area is 166 Å². The normalized spacial score (nSPS) is 10.9. The van der Waals surface area contributed by atoms with Crippen molar-refractivity contribution in [2.75, 3.05) is 12.8 Å². The third-order valence-electron chi connectivity index (χ3n) is 3.86. The number of carbonyl (C=O) groups excluding carboxylic acids is 1. The van der Waals surface area contributed by atoms with Gasteiger partial charge in [-0.1, -0.05) is 53.7 Å². The van der Waals surface area contributed by atoms with Gasteiger partial charge >= 0.3 is 0 Å². The summed E-state index contributed by atoms with van der Waals surface area (Å²) in [5.41, 5.74) is 1.18. The first kappa shape index (κ1) is 18.9. The Morgan fingerprint density at radius 1 is 1.23 bits per heavy atom. The van der Waals surface area contributed by atoms with Gasteiger partial charge in [-0.25, -0.2) is 0 Å². The third-order valence-corrected chi connectivity index (χ3v) is 6.03. The third kappa shape index (κ3) is 4.87. The van der Waals surface area contributed by atoms with E-state index in [4.69, 9.17) is 11.6 Å². The lowest BCUT2D eigenvalue weighted by molar-refractivity contribution is -0.127. The van der Waals surface area contributed by atoms with E-state index in [1.807, 2.05) is 41.8 Å². The molecule has 8 heteroatoms. The largest absolute Gasteiger partial charge is 0.340 e. The van der Waals surface area contributed by atoms with Crippen molar-refractivity contribution >= 4 is 40.6 Å². The smallest absolute Gasteiger partial charge is 0.233 e. The monoisotopic (exact) mass is 406 g/mol. The molecule has 0 bridgehead atoms. The van der Waals surface area contributed by atoms with Crippen LogP contribution in [0, 0.1) is 6.92 Å². The lowest BCUT2D eigenvalue weighted by atomic mass is 10.2. The number of hydrogen-bond donors (Lipinski definition) is 0. The molecule has 1 amide bonds. The van der Waals surface area contributed by atoms with Crippen LogP contribution in [0.1, 0.15) is 16.3 Å². The van der Waals surface area contributed by atoms with Gasteiger partial charge < -0.3 is 9.47 Å². The van der Waals surface area contributed by atoms with Crippen LogP contribution >= 0.6 is 34.7 Å². The molecule has 1 aromatic carbocycles. The van der Waals surface area contributed by atoms with Crippen LogP contribution in [0.4, 0.5) is 0 Å². The van der Waals surface area contributed by atoms with Crippen LogP contribution in [0.3, 0.4) is 0 Å². The van der Waals surface area contributed by atoms with Crippen LogP contribution < -0.4 is 0 Å². The Kier molecular flexibility index (Phi) is 6.34. The quantitative estimate of drug-likeness (QED) is 0.554. The summed E-state index contributed by atoms with van der Waals surface area (Å²) in [5, 5.41) is 9.14. The van der Waals surface area contributed by atoms with Crippen molar-refractivity contribution in [2.24, 2.45) is 0 Å². The van der Waals surface area contributed by atoms with E-state index < -0.39 is 0 Å². The molecular weight excluding hydrogens is 388 g/mol. The van der Waals surface area contributed by atoms with Crippen LogP contribution in [0.25, 0.3) is 0 Å². The molecule has 3 rings (SSSR count). The molecule has 3 aromatic rings. The van der Waals surface area contributed by atoms with Gasteiger partial charge in [-0.3, -0.25) is 4.79 Å². The van der Waals surface area contributed by atoms with Crippen molar-refractivity contribution < 1.29 is 4.79 Å². The van der Waals surface area contributed by atoms with Crippen molar-refractivity contribution in [3.63, 3.8) is 0 Å². The van der Waals surface area contributed by atoms with E-state index >= 15 is 0 Å². The summed E-state index contributed by atoms with van der Waals surface area (Å²) >= 11 is 8.85. The summed E-state index contributed by atoms with van der Waals surface area (Å²) in [6.45, 7) is 3.18. The highest BCUT2D eigenvalue weighted by Crippen LogP contribution is 2.23. The zero-order valence-electron chi connectivity index (χ0n) is 14.6. The highest BCUT2D eigenvalue weighted by molar-refractivity contribution is 7.99.